The van der Waals surface area contributed by atoms with Gasteiger partial charge in [-0.1, -0.05) is 43.7 Å². The molecule has 3 aromatic rings. The third-order valence-corrected chi connectivity index (χ3v) is 8.50. The Balaban J connectivity index is 1.41. The number of fused-ring (bicyclic) bond motifs is 6. The maximum atomic E-state index is 13.6. The monoisotopic (exact) mass is 537 g/mol. The number of rotatable bonds is 8. The molecule has 0 amide bonds. The SMILES string of the molecule is CCCC1(C)C2=C3C=C(C(=O)c4cc[n+](CCCC(=O)O)cc4)C(=O)OC3CCN2c2ccc3ccccc3c21. The molecule has 1 aromatic heterocycles. The van der Waals surface area contributed by atoms with Crippen molar-refractivity contribution in [2.24, 2.45) is 0 Å². The Bertz CT molecular complexity index is 1600. The van der Waals surface area contributed by atoms with Crippen LogP contribution in [-0.2, 0) is 26.3 Å². The standard InChI is InChI=1S/C33H32N2O5/c1-3-15-33(2)29-23-8-5-4-7-21(23)10-11-26(29)35-19-14-27-24(31(33)35)20-25(32(39)40-27)30(38)22-12-17-34(18-13-22)16-6-9-28(36)37/h4-5,7-8,10-13,17-18,20,27H,3,6,9,14-16,19H2,1-2H3/p+1. The zero-order valence-corrected chi connectivity index (χ0v) is 22.9. The normalized spacial score (nSPS) is 21.4. The van der Waals surface area contributed by atoms with Gasteiger partial charge in [-0.3, -0.25) is 9.59 Å². The minimum atomic E-state index is -0.835. The molecule has 3 aliphatic rings. The third-order valence-electron chi connectivity index (χ3n) is 8.50. The summed E-state index contributed by atoms with van der Waals surface area (Å²) >= 11 is 0. The maximum Gasteiger partial charge on any atom is 0.342 e. The molecule has 2 atom stereocenters. The Kier molecular flexibility index (Phi) is 6.53. The van der Waals surface area contributed by atoms with Crippen LogP contribution in [0, 0.1) is 0 Å². The molecule has 7 nitrogen and oxygen atoms in total. The second-order valence-electron chi connectivity index (χ2n) is 11.1. The van der Waals surface area contributed by atoms with Gasteiger partial charge in [0.1, 0.15) is 18.2 Å². The highest BCUT2D eigenvalue weighted by Crippen LogP contribution is 2.56. The van der Waals surface area contributed by atoms with Gasteiger partial charge in [0.25, 0.3) is 0 Å². The number of ketones is 1. The first-order valence-corrected chi connectivity index (χ1v) is 14.0. The summed E-state index contributed by atoms with van der Waals surface area (Å²) in [4.78, 5) is 39.9. The summed E-state index contributed by atoms with van der Waals surface area (Å²) in [6.07, 6.45) is 8.06. The van der Waals surface area contributed by atoms with Crippen LogP contribution in [0.1, 0.15) is 61.9 Å². The van der Waals surface area contributed by atoms with Gasteiger partial charge in [0.05, 0.1) is 6.42 Å². The van der Waals surface area contributed by atoms with Gasteiger partial charge in [-0.2, -0.15) is 0 Å². The summed E-state index contributed by atoms with van der Waals surface area (Å²) in [5.41, 5.74) is 4.72. The molecule has 6 rings (SSSR count). The third kappa shape index (κ3) is 4.21. The lowest BCUT2D eigenvalue weighted by molar-refractivity contribution is -0.697. The molecule has 3 aliphatic heterocycles. The van der Waals surface area contributed by atoms with E-state index in [1.165, 1.54) is 22.0 Å². The maximum absolute atomic E-state index is 13.6. The number of allylic oxidation sites excluding steroid dienone is 1. The second-order valence-corrected chi connectivity index (χ2v) is 11.1. The number of aryl methyl sites for hydroxylation is 1. The number of aromatic nitrogens is 1. The number of carboxylic acid groups (broad SMARTS) is 1. The molecule has 7 heteroatoms. The van der Waals surface area contributed by atoms with E-state index < -0.39 is 11.9 Å². The first kappa shape index (κ1) is 26.0. The fourth-order valence-electron chi connectivity index (χ4n) is 6.78. The van der Waals surface area contributed by atoms with Gasteiger partial charge in [0, 0.05) is 59.5 Å². The number of ether oxygens (including phenoxy) is 1. The van der Waals surface area contributed by atoms with E-state index in [0.29, 0.717) is 24.9 Å². The van der Waals surface area contributed by atoms with Gasteiger partial charge in [-0.15, -0.1) is 0 Å². The number of hydrogen-bond acceptors (Lipinski definition) is 5. The number of carbonyl (C=O) groups is 3. The summed E-state index contributed by atoms with van der Waals surface area (Å²) in [6.45, 7) is 5.77. The van der Waals surface area contributed by atoms with E-state index in [2.05, 4.69) is 55.1 Å². The molecule has 0 fully saturated rings. The van der Waals surface area contributed by atoms with Crippen LogP contribution < -0.4 is 9.47 Å². The van der Waals surface area contributed by atoms with Crippen LogP contribution >= 0.6 is 0 Å². The molecule has 0 radical (unpaired) electrons. The highest BCUT2D eigenvalue weighted by atomic mass is 16.5. The van der Waals surface area contributed by atoms with Gasteiger partial charge in [0.15, 0.2) is 12.4 Å². The molecule has 40 heavy (non-hydrogen) atoms. The largest absolute Gasteiger partial charge is 0.481 e. The number of benzene rings is 2. The molecule has 0 aliphatic carbocycles. The van der Waals surface area contributed by atoms with Crippen molar-refractivity contribution in [1.29, 1.82) is 0 Å². The Morgan fingerprint density at radius 3 is 2.65 bits per heavy atom. The molecule has 0 saturated heterocycles. The number of hydrogen-bond donors (Lipinski definition) is 1. The van der Waals surface area contributed by atoms with E-state index in [0.717, 1.165) is 30.7 Å². The summed E-state index contributed by atoms with van der Waals surface area (Å²) in [7, 11) is 0. The Hall–Kier alpha value is -4.26. The van der Waals surface area contributed by atoms with Crippen molar-refractivity contribution >= 4 is 34.2 Å². The van der Waals surface area contributed by atoms with Crippen LogP contribution in [-0.4, -0.2) is 35.5 Å². The first-order chi connectivity index (χ1) is 19.3. The second kappa shape index (κ2) is 10.0. The van der Waals surface area contributed by atoms with Crippen LogP contribution in [0.25, 0.3) is 10.8 Å². The van der Waals surface area contributed by atoms with Crippen LogP contribution in [0.5, 0.6) is 0 Å². The van der Waals surface area contributed by atoms with E-state index in [1.54, 1.807) is 30.6 Å². The van der Waals surface area contributed by atoms with E-state index >= 15 is 0 Å². The number of aliphatic carboxylic acids is 1. The average Bonchev–Trinajstić information content (AvgIpc) is 3.21. The lowest BCUT2D eigenvalue weighted by atomic mass is 9.73. The van der Waals surface area contributed by atoms with Crippen molar-refractivity contribution in [1.82, 2.24) is 0 Å². The lowest BCUT2D eigenvalue weighted by Crippen LogP contribution is -2.42. The summed E-state index contributed by atoms with van der Waals surface area (Å²) in [6, 6.07) is 16.2. The molecule has 2 unspecified atom stereocenters. The summed E-state index contributed by atoms with van der Waals surface area (Å²) in [5.74, 6) is -1.78. The van der Waals surface area contributed by atoms with Gasteiger partial charge in [-0.05, 0) is 41.8 Å². The minimum absolute atomic E-state index is 0.0453. The fourth-order valence-corrected chi connectivity index (χ4v) is 6.78. The highest BCUT2D eigenvalue weighted by molar-refractivity contribution is 6.25. The van der Waals surface area contributed by atoms with Crippen molar-refractivity contribution < 1.29 is 28.8 Å². The van der Waals surface area contributed by atoms with Crippen molar-refractivity contribution in [3.05, 3.63) is 95.0 Å². The zero-order chi connectivity index (χ0) is 28.0. The van der Waals surface area contributed by atoms with Crippen LogP contribution in [0.4, 0.5) is 5.69 Å². The Labute approximate surface area is 233 Å². The number of Topliss-reactive ketones (excluding diaryl/α,β-unsaturated/α-hetero) is 1. The average molecular weight is 538 g/mol. The molecule has 204 valence electrons. The summed E-state index contributed by atoms with van der Waals surface area (Å²) < 4.78 is 7.77. The van der Waals surface area contributed by atoms with E-state index in [9.17, 15) is 14.4 Å². The fraction of sp³-hybridized carbons (Fsp3) is 0.333. The first-order valence-electron chi connectivity index (χ1n) is 14.0. The number of anilines is 1. The predicted octanol–water partition coefficient (Wildman–Crippen LogP) is 5.26. The van der Waals surface area contributed by atoms with Crippen molar-refractivity contribution in [2.75, 3.05) is 11.4 Å². The number of nitrogens with zero attached hydrogens (tertiary/aromatic N) is 2. The van der Waals surface area contributed by atoms with Crippen LogP contribution in [0.15, 0.2) is 83.8 Å². The quantitative estimate of drug-likeness (QED) is 0.183. The molecule has 0 saturated carbocycles. The molecule has 4 heterocycles. The Morgan fingerprint density at radius 2 is 1.90 bits per heavy atom. The van der Waals surface area contributed by atoms with Crippen molar-refractivity contribution in [3.8, 4) is 0 Å². The molecule has 2 aromatic carbocycles. The van der Waals surface area contributed by atoms with Crippen molar-refractivity contribution in [2.45, 2.75) is 64.0 Å². The minimum Gasteiger partial charge on any atom is -0.481 e. The molecular formula is C33H33N2O5+. The van der Waals surface area contributed by atoms with Gasteiger partial charge in [0.2, 0.25) is 5.78 Å². The molecular weight excluding hydrogens is 504 g/mol. The Morgan fingerprint density at radius 1 is 1.12 bits per heavy atom. The lowest BCUT2D eigenvalue weighted by Gasteiger charge is -2.40. The predicted molar refractivity (Wildman–Crippen MR) is 151 cm³/mol. The van der Waals surface area contributed by atoms with Gasteiger partial charge >= 0.3 is 11.9 Å². The highest BCUT2D eigenvalue weighted by Gasteiger charge is 2.50. The smallest absolute Gasteiger partial charge is 0.342 e. The number of carboxylic acids is 1. The topological polar surface area (TPSA) is 87.8 Å². The number of pyridine rings is 1. The molecule has 1 N–H and O–H groups in total. The molecule has 0 spiro atoms. The summed E-state index contributed by atoms with van der Waals surface area (Å²) in [5, 5.41) is 11.3. The van der Waals surface area contributed by atoms with E-state index in [-0.39, 0.29) is 29.3 Å². The van der Waals surface area contributed by atoms with Crippen LogP contribution in [0.2, 0.25) is 0 Å². The van der Waals surface area contributed by atoms with Gasteiger partial charge in [-0.25, -0.2) is 9.36 Å². The number of carbonyl (C=O) groups excluding carboxylic acids is 2. The van der Waals surface area contributed by atoms with Crippen LogP contribution in [0.3, 0.4) is 0 Å². The van der Waals surface area contributed by atoms with Crippen molar-refractivity contribution in [3.63, 3.8) is 0 Å². The zero-order valence-electron chi connectivity index (χ0n) is 22.9. The van der Waals surface area contributed by atoms with E-state index in [1.807, 2.05) is 4.57 Å². The van der Waals surface area contributed by atoms with E-state index in [4.69, 9.17) is 9.84 Å². The van der Waals surface area contributed by atoms with Gasteiger partial charge < -0.3 is 14.7 Å². The molecule has 0 bridgehead atoms. The number of esters is 1.